The number of carbonyl (C=O) groups is 1. The molecule has 3 nitrogen and oxygen atoms in total. The Hall–Kier alpha value is -0.620. The van der Waals surface area contributed by atoms with Crippen LogP contribution in [0.25, 0.3) is 0 Å². The normalized spacial score (nSPS) is 13.3. The highest BCUT2D eigenvalue weighted by atomic mass is 127. The van der Waals surface area contributed by atoms with Crippen LogP contribution in [0.2, 0.25) is 0 Å². The summed E-state index contributed by atoms with van der Waals surface area (Å²) in [4.78, 5) is 12.0. The van der Waals surface area contributed by atoms with Gasteiger partial charge in [0, 0.05) is 12.1 Å². The van der Waals surface area contributed by atoms with Crippen LogP contribution in [-0.4, -0.2) is 16.9 Å². The van der Waals surface area contributed by atoms with E-state index in [9.17, 15) is 4.79 Å². The van der Waals surface area contributed by atoms with Crippen molar-refractivity contribution in [3.8, 4) is 0 Å². The first-order valence-electron chi connectivity index (χ1n) is 6.85. The Morgan fingerprint density at radius 2 is 1.95 bits per heavy atom. The van der Waals surface area contributed by atoms with Gasteiger partial charge in [-0.3, -0.25) is 4.79 Å². The second kappa shape index (κ2) is 7.85. The van der Waals surface area contributed by atoms with Crippen LogP contribution in [0.15, 0.2) is 18.2 Å². The van der Waals surface area contributed by atoms with Gasteiger partial charge in [0.1, 0.15) is 0 Å². The molecule has 1 amide bonds. The Morgan fingerprint density at radius 3 is 2.79 bits per heavy atom. The summed E-state index contributed by atoms with van der Waals surface area (Å²) in [6.45, 7) is 2.08. The van der Waals surface area contributed by atoms with E-state index >= 15 is 0 Å². The first kappa shape index (κ1) is 14.8. The fraction of sp³-hybridized carbons (Fsp3) is 0.533. The van der Waals surface area contributed by atoms with Crippen LogP contribution in [0.4, 0.5) is 0 Å². The molecule has 0 atom stereocenters. The van der Waals surface area contributed by atoms with Gasteiger partial charge in [-0.1, -0.05) is 41.5 Å². The largest absolute Gasteiger partial charge is 0.372 e. The zero-order valence-electron chi connectivity index (χ0n) is 11.1. The summed E-state index contributed by atoms with van der Waals surface area (Å²) in [7, 11) is 0. The molecule has 0 saturated carbocycles. The number of hydrogen-bond acceptors (Lipinski definition) is 2. The fourth-order valence-electron chi connectivity index (χ4n) is 2.19. The number of unbranched alkanes of at least 4 members (excludes halogenated alkanes) is 3. The van der Waals surface area contributed by atoms with E-state index in [4.69, 9.17) is 4.74 Å². The van der Waals surface area contributed by atoms with Gasteiger partial charge in [0.05, 0.1) is 13.2 Å². The van der Waals surface area contributed by atoms with Crippen molar-refractivity contribution >= 4 is 28.5 Å². The number of rotatable bonds is 7. The number of fused-ring (bicyclic) bond motifs is 1. The van der Waals surface area contributed by atoms with Crippen molar-refractivity contribution in [3.05, 3.63) is 34.9 Å². The van der Waals surface area contributed by atoms with E-state index in [0.29, 0.717) is 13.2 Å². The third-order valence-corrected chi connectivity index (χ3v) is 4.09. The Labute approximate surface area is 128 Å². The predicted octanol–water partition coefficient (Wildman–Crippen LogP) is 3.44. The molecule has 0 unspecified atom stereocenters. The highest BCUT2D eigenvalue weighted by Gasteiger charge is 2.13. The van der Waals surface area contributed by atoms with Gasteiger partial charge in [0.25, 0.3) is 5.91 Å². The van der Waals surface area contributed by atoms with E-state index in [-0.39, 0.29) is 5.91 Å². The van der Waals surface area contributed by atoms with Crippen molar-refractivity contribution in [2.45, 2.75) is 38.9 Å². The molecule has 1 aromatic carbocycles. The standard InChI is InChI=1S/C15H20INO2/c16-7-3-1-2-4-8-17-15(18)12-5-6-13-10-19-11-14(13)9-12/h5-6,9H,1-4,7-8,10-11H2,(H,17,18). The Kier molecular flexibility index (Phi) is 6.10. The van der Waals surface area contributed by atoms with Crippen molar-refractivity contribution in [1.29, 1.82) is 0 Å². The summed E-state index contributed by atoms with van der Waals surface area (Å²) < 4.78 is 6.58. The van der Waals surface area contributed by atoms with Crippen molar-refractivity contribution in [3.63, 3.8) is 0 Å². The van der Waals surface area contributed by atoms with Crippen molar-refractivity contribution < 1.29 is 9.53 Å². The van der Waals surface area contributed by atoms with Gasteiger partial charge in [-0.15, -0.1) is 0 Å². The van der Waals surface area contributed by atoms with Crippen molar-refractivity contribution in [1.82, 2.24) is 5.32 Å². The Balaban J connectivity index is 1.74. The molecule has 4 heteroatoms. The molecule has 0 aliphatic carbocycles. The molecule has 0 bridgehead atoms. The van der Waals surface area contributed by atoms with Gasteiger partial charge in [-0.2, -0.15) is 0 Å². The van der Waals surface area contributed by atoms with E-state index in [1.54, 1.807) is 0 Å². The Morgan fingerprint density at radius 1 is 1.16 bits per heavy atom. The average molecular weight is 373 g/mol. The van der Waals surface area contributed by atoms with Gasteiger partial charge in [-0.05, 0) is 40.5 Å². The van der Waals surface area contributed by atoms with Gasteiger partial charge >= 0.3 is 0 Å². The van der Waals surface area contributed by atoms with Crippen LogP contribution in [0.1, 0.15) is 47.2 Å². The monoisotopic (exact) mass is 373 g/mol. The number of hydrogen-bond donors (Lipinski definition) is 1. The van der Waals surface area contributed by atoms with Crippen LogP contribution >= 0.6 is 22.6 Å². The zero-order valence-corrected chi connectivity index (χ0v) is 13.2. The smallest absolute Gasteiger partial charge is 0.251 e. The lowest BCUT2D eigenvalue weighted by molar-refractivity contribution is 0.0953. The van der Waals surface area contributed by atoms with E-state index in [1.165, 1.54) is 29.3 Å². The SMILES string of the molecule is O=C(NCCCCCCI)c1ccc2c(c1)COC2. The number of benzene rings is 1. The minimum atomic E-state index is 0.0311. The molecule has 1 N–H and O–H groups in total. The number of amides is 1. The molecule has 2 rings (SSSR count). The summed E-state index contributed by atoms with van der Waals surface area (Å²) >= 11 is 2.40. The molecule has 1 aliphatic heterocycles. The highest BCUT2D eigenvalue weighted by molar-refractivity contribution is 14.1. The summed E-state index contributed by atoms with van der Waals surface area (Å²) in [5.41, 5.74) is 3.10. The Bertz CT molecular complexity index is 434. The van der Waals surface area contributed by atoms with E-state index in [2.05, 4.69) is 27.9 Å². The van der Waals surface area contributed by atoms with E-state index in [0.717, 1.165) is 24.1 Å². The number of alkyl halides is 1. The van der Waals surface area contributed by atoms with Gasteiger partial charge in [0.15, 0.2) is 0 Å². The van der Waals surface area contributed by atoms with Crippen LogP contribution in [0.5, 0.6) is 0 Å². The first-order valence-corrected chi connectivity index (χ1v) is 8.37. The van der Waals surface area contributed by atoms with Crippen molar-refractivity contribution in [2.75, 3.05) is 11.0 Å². The second-order valence-electron chi connectivity index (χ2n) is 4.84. The van der Waals surface area contributed by atoms with E-state index in [1.807, 2.05) is 18.2 Å². The fourth-order valence-corrected chi connectivity index (χ4v) is 2.73. The molecule has 19 heavy (non-hydrogen) atoms. The number of halogens is 1. The number of nitrogens with one attached hydrogen (secondary N) is 1. The summed E-state index contributed by atoms with van der Waals surface area (Å²) in [6.07, 6.45) is 4.80. The van der Waals surface area contributed by atoms with Gasteiger partial charge in [-0.25, -0.2) is 0 Å². The number of carbonyl (C=O) groups excluding carboxylic acids is 1. The quantitative estimate of drug-likeness (QED) is 0.452. The molecule has 0 aromatic heterocycles. The third-order valence-electron chi connectivity index (χ3n) is 3.33. The minimum Gasteiger partial charge on any atom is -0.372 e. The second-order valence-corrected chi connectivity index (χ2v) is 5.91. The van der Waals surface area contributed by atoms with Crippen LogP contribution in [0.3, 0.4) is 0 Å². The van der Waals surface area contributed by atoms with Crippen LogP contribution < -0.4 is 5.32 Å². The average Bonchev–Trinajstić information content (AvgIpc) is 2.89. The minimum absolute atomic E-state index is 0.0311. The predicted molar refractivity (Wildman–Crippen MR) is 84.6 cm³/mol. The van der Waals surface area contributed by atoms with Gasteiger partial charge < -0.3 is 10.1 Å². The lowest BCUT2D eigenvalue weighted by Gasteiger charge is -2.06. The number of ether oxygens (including phenoxy) is 1. The lowest BCUT2D eigenvalue weighted by Crippen LogP contribution is -2.24. The lowest BCUT2D eigenvalue weighted by atomic mass is 10.1. The maximum absolute atomic E-state index is 12.0. The summed E-state index contributed by atoms with van der Waals surface area (Å²) in [6, 6.07) is 5.84. The zero-order chi connectivity index (χ0) is 13.5. The first-order chi connectivity index (χ1) is 9.31. The van der Waals surface area contributed by atoms with Crippen LogP contribution in [0, 0.1) is 0 Å². The molecular weight excluding hydrogens is 353 g/mol. The van der Waals surface area contributed by atoms with E-state index < -0.39 is 0 Å². The molecule has 0 fully saturated rings. The molecule has 0 saturated heterocycles. The molecule has 1 heterocycles. The third kappa shape index (κ3) is 4.45. The van der Waals surface area contributed by atoms with Crippen molar-refractivity contribution in [2.24, 2.45) is 0 Å². The maximum atomic E-state index is 12.0. The summed E-state index contributed by atoms with van der Waals surface area (Å²) in [5.74, 6) is 0.0311. The molecule has 0 radical (unpaired) electrons. The maximum Gasteiger partial charge on any atom is 0.251 e. The molecular formula is C15H20INO2. The molecule has 104 valence electrons. The topological polar surface area (TPSA) is 38.3 Å². The molecule has 1 aromatic rings. The summed E-state index contributed by atoms with van der Waals surface area (Å²) in [5, 5.41) is 2.99. The highest BCUT2D eigenvalue weighted by Crippen LogP contribution is 2.20. The molecule has 0 spiro atoms. The van der Waals surface area contributed by atoms with Crippen LogP contribution in [-0.2, 0) is 18.0 Å². The van der Waals surface area contributed by atoms with Gasteiger partial charge in [0.2, 0.25) is 0 Å². The molecule has 1 aliphatic rings.